The molecule has 150 valence electrons. The maximum absolute atomic E-state index is 13.9. The summed E-state index contributed by atoms with van der Waals surface area (Å²) in [6, 6.07) is 10.8. The number of hydrogen-bond donors (Lipinski definition) is 1. The third kappa shape index (κ3) is 3.11. The fourth-order valence-corrected chi connectivity index (χ4v) is 3.56. The van der Waals surface area contributed by atoms with Gasteiger partial charge in [-0.3, -0.25) is 4.79 Å². The first-order valence-electron chi connectivity index (χ1n) is 9.31. The van der Waals surface area contributed by atoms with Crippen LogP contribution in [0.25, 0.3) is 11.4 Å². The molecule has 5 rings (SSSR count). The van der Waals surface area contributed by atoms with Gasteiger partial charge >= 0.3 is 0 Å². The Labute approximate surface area is 169 Å². The highest BCUT2D eigenvalue weighted by atomic mass is 19.1. The Morgan fingerprint density at radius 3 is 2.67 bits per heavy atom. The highest BCUT2D eigenvalue weighted by Crippen LogP contribution is 2.27. The number of halogens is 2. The molecule has 0 spiro atoms. The number of aromatic nitrogens is 6. The van der Waals surface area contributed by atoms with Gasteiger partial charge < -0.3 is 5.32 Å². The molecule has 1 N–H and O–H groups in total. The number of carbonyl (C=O) groups is 1. The van der Waals surface area contributed by atoms with E-state index >= 15 is 0 Å². The number of para-hydroxylation sites is 1. The maximum atomic E-state index is 13.9. The molecule has 0 bridgehead atoms. The average molecular weight is 407 g/mol. The van der Waals surface area contributed by atoms with Gasteiger partial charge in [0.2, 0.25) is 0 Å². The van der Waals surface area contributed by atoms with Crippen LogP contribution in [0, 0.1) is 11.6 Å². The molecule has 30 heavy (non-hydrogen) atoms. The molecule has 3 heterocycles. The Kier molecular flexibility index (Phi) is 4.31. The van der Waals surface area contributed by atoms with Crippen LogP contribution in [0.5, 0.6) is 0 Å². The Morgan fingerprint density at radius 2 is 1.90 bits per heavy atom. The molecule has 2 aromatic carbocycles. The summed E-state index contributed by atoms with van der Waals surface area (Å²) in [5.41, 5.74) is 3.05. The summed E-state index contributed by atoms with van der Waals surface area (Å²) in [6.45, 7) is 0. The van der Waals surface area contributed by atoms with E-state index in [2.05, 4.69) is 25.9 Å². The first-order chi connectivity index (χ1) is 14.6. The number of nitrogens with one attached hydrogen (secondary N) is 1. The zero-order chi connectivity index (χ0) is 20.7. The van der Waals surface area contributed by atoms with Gasteiger partial charge in [-0.2, -0.15) is 5.10 Å². The van der Waals surface area contributed by atoms with Crippen molar-refractivity contribution in [3.63, 3.8) is 0 Å². The van der Waals surface area contributed by atoms with E-state index in [1.807, 2.05) is 18.2 Å². The van der Waals surface area contributed by atoms with Gasteiger partial charge in [-0.05, 0) is 65.6 Å². The lowest BCUT2D eigenvalue weighted by atomic mass is 10.1. The summed E-state index contributed by atoms with van der Waals surface area (Å²) in [7, 11) is 0. The van der Waals surface area contributed by atoms with Crippen LogP contribution in [0.4, 0.5) is 14.5 Å². The Hall–Kier alpha value is -3.95. The van der Waals surface area contributed by atoms with E-state index in [9.17, 15) is 13.6 Å². The minimum Gasteiger partial charge on any atom is -0.316 e. The molecule has 0 saturated heterocycles. The van der Waals surface area contributed by atoms with Crippen LogP contribution in [0.2, 0.25) is 0 Å². The fourth-order valence-electron chi connectivity index (χ4n) is 3.56. The summed E-state index contributed by atoms with van der Waals surface area (Å²) < 4.78 is 31.0. The standard InChI is InChI=1S/C20H15F2N7O/c21-15-5-2-6-16(22)19(15)24-20(30)17-9-14-4-1-3-12-7-8-13(28-11-23-26-27-28)10-18(12)29(14)25-17/h2,5-11H,1,3-4H2,(H,24,30). The lowest BCUT2D eigenvalue weighted by Crippen LogP contribution is -2.15. The molecular weight excluding hydrogens is 392 g/mol. The van der Waals surface area contributed by atoms with Crippen molar-refractivity contribution in [3.8, 4) is 11.4 Å². The first kappa shape index (κ1) is 18.1. The zero-order valence-electron chi connectivity index (χ0n) is 15.6. The SMILES string of the molecule is O=C(Nc1c(F)cccc1F)c1cc2n(n1)-c1cc(-n3cnnn3)ccc1CCC2. The minimum atomic E-state index is -0.847. The number of rotatable bonds is 3. The number of anilines is 1. The molecule has 1 aliphatic rings. The minimum absolute atomic E-state index is 0.0772. The second-order valence-electron chi connectivity index (χ2n) is 6.90. The first-order valence-corrected chi connectivity index (χ1v) is 9.31. The van der Waals surface area contributed by atoms with Gasteiger partial charge in [0, 0.05) is 5.69 Å². The average Bonchev–Trinajstić information content (AvgIpc) is 3.39. The number of nitrogens with zero attached hydrogens (tertiary/aromatic N) is 6. The van der Waals surface area contributed by atoms with Crippen molar-refractivity contribution < 1.29 is 13.6 Å². The van der Waals surface area contributed by atoms with Crippen LogP contribution in [0.1, 0.15) is 28.2 Å². The van der Waals surface area contributed by atoms with Crippen LogP contribution >= 0.6 is 0 Å². The van der Waals surface area contributed by atoms with E-state index in [0.29, 0.717) is 6.42 Å². The Bertz CT molecular complexity index is 1230. The van der Waals surface area contributed by atoms with Gasteiger partial charge in [0.15, 0.2) is 5.69 Å². The Balaban J connectivity index is 1.53. The molecule has 1 amide bonds. The summed E-state index contributed by atoms with van der Waals surface area (Å²) in [4.78, 5) is 12.6. The molecule has 2 aromatic heterocycles. The number of carbonyl (C=O) groups excluding carboxylic acids is 1. The lowest BCUT2D eigenvalue weighted by Gasteiger charge is -2.10. The van der Waals surface area contributed by atoms with Crippen molar-refractivity contribution in [1.82, 2.24) is 30.0 Å². The summed E-state index contributed by atoms with van der Waals surface area (Å²) >= 11 is 0. The lowest BCUT2D eigenvalue weighted by molar-refractivity contribution is 0.102. The summed E-state index contributed by atoms with van der Waals surface area (Å²) in [6.07, 6.45) is 3.94. The van der Waals surface area contributed by atoms with Crippen LogP contribution in [0.3, 0.4) is 0 Å². The van der Waals surface area contributed by atoms with Crippen molar-refractivity contribution in [2.45, 2.75) is 19.3 Å². The van der Waals surface area contributed by atoms with E-state index in [4.69, 9.17) is 0 Å². The van der Waals surface area contributed by atoms with Crippen LogP contribution in [-0.4, -0.2) is 35.9 Å². The summed E-state index contributed by atoms with van der Waals surface area (Å²) in [5, 5.41) is 17.9. The van der Waals surface area contributed by atoms with Gasteiger partial charge in [-0.15, -0.1) is 5.10 Å². The molecule has 0 aliphatic carbocycles. The van der Waals surface area contributed by atoms with Crippen LogP contribution in [-0.2, 0) is 12.8 Å². The topological polar surface area (TPSA) is 90.5 Å². The molecule has 0 radical (unpaired) electrons. The van der Waals surface area contributed by atoms with Gasteiger partial charge in [-0.25, -0.2) is 18.1 Å². The van der Waals surface area contributed by atoms with E-state index < -0.39 is 23.2 Å². The number of amides is 1. The number of aryl methyl sites for hydroxylation is 2. The van der Waals surface area contributed by atoms with Gasteiger partial charge in [-0.1, -0.05) is 12.1 Å². The fraction of sp³-hybridized carbons (Fsp3) is 0.150. The normalized spacial score (nSPS) is 12.7. The quantitative estimate of drug-likeness (QED) is 0.564. The molecular formula is C20H15F2N7O. The van der Waals surface area contributed by atoms with E-state index in [0.717, 1.165) is 47.6 Å². The third-order valence-electron chi connectivity index (χ3n) is 5.01. The van der Waals surface area contributed by atoms with Crippen molar-refractivity contribution >= 4 is 11.6 Å². The van der Waals surface area contributed by atoms with Crippen LogP contribution in [0.15, 0.2) is 48.8 Å². The van der Waals surface area contributed by atoms with E-state index in [1.165, 1.54) is 17.1 Å². The molecule has 0 unspecified atom stereocenters. The van der Waals surface area contributed by atoms with E-state index in [-0.39, 0.29) is 5.69 Å². The second kappa shape index (κ2) is 7.14. The largest absolute Gasteiger partial charge is 0.316 e. The summed E-state index contributed by atoms with van der Waals surface area (Å²) in [5.74, 6) is -2.38. The predicted octanol–water partition coefficient (Wildman–Crippen LogP) is 2.87. The smallest absolute Gasteiger partial charge is 0.276 e. The van der Waals surface area contributed by atoms with Crippen LogP contribution < -0.4 is 5.32 Å². The number of hydrogen-bond acceptors (Lipinski definition) is 5. The third-order valence-corrected chi connectivity index (χ3v) is 5.01. The Morgan fingerprint density at radius 1 is 1.07 bits per heavy atom. The highest BCUT2D eigenvalue weighted by Gasteiger charge is 2.22. The number of tetrazole rings is 1. The van der Waals surface area contributed by atoms with Gasteiger partial charge in [0.05, 0.1) is 11.4 Å². The van der Waals surface area contributed by atoms with Crippen molar-refractivity contribution in [2.75, 3.05) is 5.32 Å². The molecule has 0 fully saturated rings. The number of benzene rings is 2. The van der Waals surface area contributed by atoms with E-state index in [1.54, 1.807) is 10.7 Å². The van der Waals surface area contributed by atoms with Crippen molar-refractivity contribution in [3.05, 3.63) is 77.4 Å². The van der Waals surface area contributed by atoms with Crippen molar-refractivity contribution in [1.29, 1.82) is 0 Å². The highest BCUT2D eigenvalue weighted by molar-refractivity contribution is 6.03. The van der Waals surface area contributed by atoms with Gasteiger partial charge in [0.25, 0.3) is 5.91 Å². The molecule has 1 aliphatic heterocycles. The molecule has 0 saturated carbocycles. The zero-order valence-corrected chi connectivity index (χ0v) is 15.6. The van der Waals surface area contributed by atoms with Gasteiger partial charge in [0.1, 0.15) is 23.6 Å². The predicted molar refractivity (Wildman–Crippen MR) is 103 cm³/mol. The second-order valence-corrected chi connectivity index (χ2v) is 6.90. The number of fused-ring (bicyclic) bond motifs is 3. The monoisotopic (exact) mass is 407 g/mol. The molecule has 8 nitrogen and oxygen atoms in total. The molecule has 10 heteroatoms. The van der Waals surface area contributed by atoms with Crippen molar-refractivity contribution in [2.24, 2.45) is 0 Å². The molecule has 0 atom stereocenters. The molecule has 4 aromatic rings. The maximum Gasteiger partial charge on any atom is 0.276 e.